The second-order valence-corrected chi connectivity index (χ2v) is 3.42. The van der Waals surface area contributed by atoms with Gasteiger partial charge in [-0.1, -0.05) is 6.58 Å². The molecule has 0 heterocycles. The number of rotatable bonds is 5. The molecule has 0 saturated heterocycles. The SMILES string of the molecule is C=C/N=C\C(=C/N)C(=O)NC1(C(=O)O)CC1. The molecule has 0 aromatic rings. The van der Waals surface area contributed by atoms with Gasteiger partial charge in [0.25, 0.3) is 5.91 Å². The molecule has 1 saturated carbocycles. The van der Waals surface area contributed by atoms with Gasteiger partial charge in [-0.15, -0.1) is 0 Å². The van der Waals surface area contributed by atoms with Gasteiger partial charge in [-0.05, 0) is 12.8 Å². The number of carboxylic acids is 1. The van der Waals surface area contributed by atoms with Crippen molar-refractivity contribution in [2.24, 2.45) is 10.7 Å². The molecule has 0 aliphatic heterocycles. The Labute approximate surface area is 92.5 Å². The summed E-state index contributed by atoms with van der Waals surface area (Å²) in [5.74, 6) is -1.58. The third kappa shape index (κ3) is 2.47. The van der Waals surface area contributed by atoms with Crippen LogP contribution in [-0.2, 0) is 9.59 Å². The summed E-state index contributed by atoms with van der Waals surface area (Å²) in [6.45, 7) is 3.35. The molecule has 6 nitrogen and oxygen atoms in total. The summed E-state index contributed by atoms with van der Waals surface area (Å²) >= 11 is 0. The van der Waals surface area contributed by atoms with Gasteiger partial charge in [0.2, 0.25) is 0 Å². The van der Waals surface area contributed by atoms with Crippen LogP contribution in [0, 0.1) is 0 Å². The van der Waals surface area contributed by atoms with Crippen molar-refractivity contribution in [3.05, 3.63) is 24.6 Å². The number of hydrogen-bond donors (Lipinski definition) is 3. The molecule has 1 amide bonds. The smallest absolute Gasteiger partial charge is 0.329 e. The highest BCUT2D eigenvalue weighted by Gasteiger charge is 2.51. The van der Waals surface area contributed by atoms with Gasteiger partial charge in [-0.3, -0.25) is 9.79 Å². The van der Waals surface area contributed by atoms with Crippen LogP contribution in [0.25, 0.3) is 0 Å². The summed E-state index contributed by atoms with van der Waals surface area (Å²) in [5.41, 5.74) is 4.22. The number of carbonyl (C=O) groups excluding carboxylic acids is 1. The van der Waals surface area contributed by atoms with Crippen molar-refractivity contribution in [1.82, 2.24) is 5.32 Å². The number of hydrogen-bond acceptors (Lipinski definition) is 4. The average Bonchev–Trinajstić information content (AvgIpc) is 3.00. The Hall–Kier alpha value is -2.11. The molecular formula is C10H13N3O3. The minimum Gasteiger partial charge on any atom is -0.480 e. The van der Waals surface area contributed by atoms with E-state index < -0.39 is 17.4 Å². The summed E-state index contributed by atoms with van der Waals surface area (Å²) in [6, 6.07) is 0. The van der Waals surface area contributed by atoms with Crippen LogP contribution >= 0.6 is 0 Å². The number of nitrogens with one attached hydrogen (secondary N) is 1. The first-order chi connectivity index (χ1) is 7.55. The van der Waals surface area contributed by atoms with Gasteiger partial charge in [0, 0.05) is 18.6 Å². The molecule has 0 aromatic heterocycles. The van der Waals surface area contributed by atoms with E-state index in [1.54, 1.807) is 0 Å². The van der Waals surface area contributed by atoms with Gasteiger partial charge in [0.05, 0.1) is 5.57 Å². The molecule has 4 N–H and O–H groups in total. The molecule has 1 rings (SSSR count). The van der Waals surface area contributed by atoms with Crippen LogP contribution in [0.3, 0.4) is 0 Å². The standard InChI is InChI=1S/C10H13N3O3/c1-2-12-6-7(5-11)8(14)13-10(3-4-10)9(15)16/h2,5-6H,1,3-4,11H2,(H,13,14)(H,15,16)/b7-5+,12-6-. The Kier molecular flexibility index (Phi) is 3.44. The molecule has 0 bridgehead atoms. The predicted octanol–water partition coefficient (Wildman–Crippen LogP) is -0.223. The molecule has 0 unspecified atom stereocenters. The van der Waals surface area contributed by atoms with Gasteiger partial charge in [0.1, 0.15) is 5.54 Å². The molecule has 0 radical (unpaired) electrons. The Morgan fingerprint density at radius 1 is 1.50 bits per heavy atom. The van der Waals surface area contributed by atoms with Gasteiger partial charge in [0.15, 0.2) is 0 Å². The zero-order valence-corrected chi connectivity index (χ0v) is 8.64. The number of aliphatic carboxylic acids is 1. The minimum absolute atomic E-state index is 0.104. The highest BCUT2D eigenvalue weighted by Crippen LogP contribution is 2.35. The number of carboxylic acid groups (broad SMARTS) is 1. The van der Waals surface area contributed by atoms with E-state index in [4.69, 9.17) is 10.8 Å². The molecule has 6 heteroatoms. The average molecular weight is 223 g/mol. The van der Waals surface area contributed by atoms with Crippen LogP contribution < -0.4 is 11.1 Å². The van der Waals surface area contributed by atoms with E-state index in [1.807, 2.05) is 0 Å². The van der Waals surface area contributed by atoms with Gasteiger partial charge in [-0.2, -0.15) is 0 Å². The lowest BCUT2D eigenvalue weighted by atomic mass is 10.2. The van der Waals surface area contributed by atoms with Crippen molar-refractivity contribution >= 4 is 18.1 Å². The van der Waals surface area contributed by atoms with E-state index in [0.717, 1.165) is 6.20 Å². The highest BCUT2D eigenvalue weighted by atomic mass is 16.4. The van der Waals surface area contributed by atoms with E-state index in [2.05, 4.69) is 16.9 Å². The Balaban J connectivity index is 2.68. The Morgan fingerprint density at radius 2 is 2.12 bits per heavy atom. The van der Waals surface area contributed by atoms with E-state index in [-0.39, 0.29) is 5.57 Å². The highest BCUT2D eigenvalue weighted by molar-refractivity contribution is 6.13. The third-order valence-electron chi connectivity index (χ3n) is 2.27. The van der Waals surface area contributed by atoms with Crippen LogP contribution in [0.15, 0.2) is 29.5 Å². The lowest BCUT2D eigenvalue weighted by Crippen LogP contribution is -2.44. The van der Waals surface area contributed by atoms with Crippen molar-refractivity contribution in [2.75, 3.05) is 0 Å². The number of carbonyl (C=O) groups is 2. The maximum atomic E-state index is 11.6. The minimum atomic E-state index is -1.12. The molecule has 1 aliphatic rings. The maximum absolute atomic E-state index is 11.6. The van der Waals surface area contributed by atoms with E-state index in [0.29, 0.717) is 12.8 Å². The predicted molar refractivity (Wildman–Crippen MR) is 58.7 cm³/mol. The Bertz CT molecular complexity index is 381. The molecule has 0 atom stereocenters. The maximum Gasteiger partial charge on any atom is 0.329 e. The summed E-state index contributed by atoms with van der Waals surface area (Å²) in [4.78, 5) is 26.1. The van der Waals surface area contributed by atoms with Crippen LogP contribution in [0.5, 0.6) is 0 Å². The topological polar surface area (TPSA) is 105 Å². The zero-order chi connectivity index (χ0) is 12.2. The number of aliphatic imine (C=N–C) groups is 1. The second-order valence-electron chi connectivity index (χ2n) is 3.42. The van der Waals surface area contributed by atoms with Crippen LogP contribution in [0.2, 0.25) is 0 Å². The number of nitrogens with two attached hydrogens (primary N) is 1. The van der Waals surface area contributed by atoms with Crippen LogP contribution in [0.1, 0.15) is 12.8 Å². The van der Waals surface area contributed by atoms with E-state index in [9.17, 15) is 9.59 Å². The third-order valence-corrected chi connectivity index (χ3v) is 2.27. The molecule has 1 fully saturated rings. The zero-order valence-electron chi connectivity index (χ0n) is 8.64. The molecule has 1 aliphatic carbocycles. The fourth-order valence-corrected chi connectivity index (χ4v) is 1.12. The van der Waals surface area contributed by atoms with E-state index >= 15 is 0 Å². The molecule has 0 aromatic carbocycles. The monoisotopic (exact) mass is 223 g/mol. The lowest BCUT2D eigenvalue weighted by Gasteiger charge is -2.12. The largest absolute Gasteiger partial charge is 0.480 e. The molecule has 16 heavy (non-hydrogen) atoms. The first kappa shape index (κ1) is 12.0. The number of amides is 1. The van der Waals surface area contributed by atoms with Gasteiger partial charge in [-0.25, -0.2) is 4.79 Å². The summed E-state index contributed by atoms with van der Waals surface area (Å²) in [5, 5.41) is 11.3. The quantitative estimate of drug-likeness (QED) is 0.442. The Morgan fingerprint density at radius 3 is 2.50 bits per heavy atom. The summed E-state index contributed by atoms with van der Waals surface area (Å²) < 4.78 is 0. The van der Waals surface area contributed by atoms with Crippen molar-refractivity contribution in [3.8, 4) is 0 Å². The molecule has 0 spiro atoms. The van der Waals surface area contributed by atoms with Crippen LogP contribution in [-0.4, -0.2) is 28.7 Å². The fraction of sp³-hybridized carbons (Fsp3) is 0.300. The van der Waals surface area contributed by atoms with Gasteiger partial charge < -0.3 is 16.2 Å². The number of nitrogens with zero attached hydrogens (tertiary/aromatic N) is 1. The van der Waals surface area contributed by atoms with Crippen molar-refractivity contribution < 1.29 is 14.7 Å². The fourth-order valence-electron chi connectivity index (χ4n) is 1.12. The van der Waals surface area contributed by atoms with Crippen molar-refractivity contribution in [2.45, 2.75) is 18.4 Å². The molecular weight excluding hydrogens is 210 g/mol. The molecule has 86 valence electrons. The lowest BCUT2D eigenvalue weighted by molar-refractivity contribution is -0.142. The first-order valence-electron chi connectivity index (χ1n) is 4.67. The summed E-state index contributed by atoms with van der Waals surface area (Å²) in [7, 11) is 0. The van der Waals surface area contributed by atoms with Gasteiger partial charge >= 0.3 is 5.97 Å². The van der Waals surface area contributed by atoms with Crippen molar-refractivity contribution in [1.29, 1.82) is 0 Å². The van der Waals surface area contributed by atoms with Crippen molar-refractivity contribution in [3.63, 3.8) is 0 Å². The van der Waals surface area contributed by atoms with E-state index in [1.165, 1.54) is 12.4 Å². The van der Waals surface area contributed by atoms with Crippen LogP contribution in [0.4, 0.5) is 0 Å². The first-order valence-corrected chi connectivity index (χ1v) is 4.67. The second kappa shape index (κ2) is 4.61. The summed E-state index contributed by atoms with van der Waals surface area (Å²) in [6.07, 6.45) is 4.41. The normalized spacial score (nSPS) is 18.1.